The van der Waals surface area contributed by atoms with E-state index in [0.29, 0.717) is 25.1 Å². The fourth-order valence-corrected chi connectivity index (χ4v) is 3.81. The highest BCUT2D eigenvalue weighted by Gasteiger charge is 2.24. The van der Waals surface area contributed by atoms with Gasteiger partial charge in [0.1, 0.15) is 11.6 Å². The van der Waals surface area contributed by atoms with E-state index in [0.717, 1.165) is 70.7 Å². The summed E-state index contributed by atoms with van der Waals surface area (Å²) in [5.74, 6) is -0.0518. The van der Waals surface area contributed by atoms with Gasteiger partial charge >= 0.3 is 0 Å². The lowest BCUT2D eigenvalue weighted by Gasteiger charge is -2.36. The van der Waals surface area contributed by atoms with Crippen LogP contribution < -0.4 is 5.32 Å². The van der Waals surface area contributed by atoms with Crippen molar-refractivity contribution in [3.63, 3.8) is 0 Å². The molecule has 6 nitrogen and oxygen atoms in total. The minimum Gasteiger partial charge on any atom is -0.357 e. The Bertz CT molecular complexity index is 719. The number of amides is 1. The molecule has 1 amide bonds. The standard InChI is InChI=1S/C21H31F2N5O.HI/c1-2-24-21(25-8-7-17-5-6-18(22)15-19(17)23)28-13-11-26(12-14-28)16-20(29)27-9-3-4-10-27;/h5-6,15H,2-4,7-14,16H2,1H3,(H,24,25);1H. The quantitative estimate of drug-likeness (QED) is 0.346. The molecule has 9 heteroatoms. The molecule has 2 aliphatic heterocycles. The molecule has 2 fully saturated rings. The predicted molar refractivity (Wildman–Crippen MR) is 125 cm³/mol. The number of nitrogens with one attached hydrogen (secondary N) is 1. The van der Waals surface area contributed by atoms with E-state index in [1.807, 2.05) is 11.8 Å². The number of nitrogens with zero attached hydrogens (tertiary/aromatic N) is 4. The Balaban J connectivity index is 0.00000320. The van der Waals surface area contributed by atoms with E-state index >= 15 is 0 Å². The average Bonchev–Trinajstić information content (AvgIpc) is 3.25. The van der Waals surface area contributed by atoms with Crippen molar-refractivity contribution in [2.75, 3.05) is 58.9 Å². The predicted octanol–water partition coefficient (Wildman–Crippen LogP) is 2.33. The van der Waals surface area contributed by atoms with Gasteiger partial charge in [-0.1, -0.05) is 6.07 Å². The Morgan fingerprint density at radius 3 is 2.40 bits per heavy atom. The van der Waals surface area contributed by atoms with Crippen molar-refractivity contribution < 1.29 is 13.6 Å². The number of benzene rings is 1. The molecule has 3 rings (SSSR count). The van der Waals surface area contributed by atoms with Gasteiger partial charge < -0.3 is 15.1 Å². The molecule has 0 atom stereocenters. The van der Waals surface area contributed by atoms with E-state index < -0.39 is 11.6 Å². The highest BCUT2D eigenvalue weighted by atomic mass is 127. The molecule has 168 valence electrons. The third kappa shape index (κ3) is 7.04. The Kier molecular flexibility index (Phi) is 10.2. The summed E-state index contributed by atoms with van der Waals surface area (Å²) in [4.78, 5) is 23.3. The summed E-state index contributed by atoms with van der Waals surface area (Å²) in [6.07, 6.45) is 2.65. The molecule has 0 spiro atoms. The van der Waals surface area contributed by atoms with Crippen LogP contribution in [0, 0.1) is 11.6 Å². The molecule has 1 aromatic rings. The maximum absolute atomic E-state index is 13.8. The first kappa shape index (κ1) is 24.8. The molecule has 0 aromatic heterocycles. The van der Waals surface area contributed by atoms with Crippen LogP contribution >= 0.6 is 24.0 Å². The normalized spacial score (nSPS) is 17.8. The monoisotopic (exact) mass is 535 g/mol. The molecule has 0 saturated carbocycles. The summed E-state index contributed by atoms with van der Waals surface area (Å²) in [6.45, 7) is 8.69. The van der Waals surface area contributed by atoms with Crippen LogP contribution in [-0.4, -0.2) is 85.5 Å². The van der Waals surface area contributed by atoms with Gasteiger partial charge in [0, 0.05) is 58.4 Å². The largest absolute Gasteiger partial charge is 0.357 e. The van der Waals surface area contributed by atoms with E-state index in [9.17, 15) is 13.6 Å². The number of carbonyl (C=O) groups excluding carboxylic acids is 1. The number of piperazine rings is 1. The second-order valence-electron chi connectivity index (χ2n) is 7.57. The van der Waals surface area contributed by atoms with E-state index in [1.54, 1.807) is 0 Å². The topological polar surface area (TPSA) is 51.2 Å². The van der Waals surface area contributed by atoms with Gasteiger partial charge in [0.25, 0.3) is 0 Å². The van der Waals surface area contributed by atoms with Crippen molar-refractivity contribution in [2.24, 2.45) is 4.99 Å². The summed E-state index contributed by atoms with van der Waals surface area (Å²) >= 11 is 0. The number of likely N-dealkylation sites (tertiary alicyclic amines) is 1. The molecule has 0 radical (unpaired) electrons. The lowest BCUT2D eigenvalue weighted by Crippen LogP contribution is -2.54. The minimum atomic E-state index is -0.566. The second kappa shape index (κ2) is 12.4. The van der Waals surface area contributed by atoms with Crippen molar-refractivity contribution in [3.8, 4) is 0 Å². The molecular weight excluding hydrogens is 503 g/mol. The Hall–Kier alpha value is -1.49. The smallest absolute Gasteiger partial charge is 0.236 e. The summed E-state index contributed by atoms with van der Waals surface area (Å²) in [7, 11) is 0. The van der Waals surface area contributed by atoms with Gasteiger partial charge in [-0.05, 0) is 37.8 Å². The van der Waals surface area contributed by atoms with Gasteiger partial charge in [0.05, 0.1) is 6.54 Å². The molecule has 2 aliphatic rings. The Morgan fingerprint density at radius 1 is 1.07 bits per heavy atom. The van der Waals surface area contributed by atoms with E-state index in [1.165, 1.54) is 12.1 Å². The molecule has 1 aromatic carbocycles. The van der Waals surface area contributed by atoms with Crippen LogP contribution in [0.25, 0.3) is 0 Å². The van der Waals surface area contributed by atoms with Crippen LogP contribution in [0.15, 0.2) is 23.2 Å². The van der Waals surface area contributed by atoms with Crippen molar-refractivity contribution in [1.82, 2.24) is 20.0 Å². The van der Waals surface area contributed by atoms with Gasteiger partial charge in [0.15, 0.2) is 5.96 Å². The fourth-order valence-electron chi connectivity index (χ4n) is 3.81. The van der Waals surface area contributed by atoms with E-state index in [4.69, 9.17) is 0 Å². The number of guanidine groups is 1. The average molecular weight is 535 g/mol. The Labute approximate surface area is 194 Å². The molecule has 2 heterocycles. The zero-order chi connectivity index (χ0) is 20.6. The van der Waals surface area contributed by atoms with Crippen LogP contribution in [0.2, 0.25) is 0 Å². The van der Waals surface area contributed by atoms with Crippen LogP contribution in [0.1, 0.15) is 25.3 Å². The van der Waals surface area contributed by atoms with E-state index in [2.05, 4.69) is 20.1 Å². The third-order valence-electron chi connectivity index (χ3n) is 5.48. The SMILES string of the molecule is CCNC(=NCCc1ccc(F)cc1F)N1CCN(CC(=O)N2CCCC2)CC1.I. The summed E-state index contributed by atoms with van der Waals surface area (Å²) in [6, 6.07) is 3.66. The maximum atomic E-state index is 13.8. The molecule has 2 saturated heterocycles. The van der Waals surface area contributed by atoms with Gasteiger partial charge in [-0.2, -0.15) is 0 Å². The lowest BCUT2D eigenvalue weighted by molar-refractivity contribution is -0.131. The van der Waals surface area contributed by atoms with Gasteiger partial charge in [-0.15, -0.1) is 24.0 Å². The Morgan fingerprint density at radius 2 is 1.77 bits per heavy atom. The van der Waals surface area contributed by atoms with Crippen LogP contribution in [0.5, 0.6) is 0 Å². The molecule has 0 bridgehead atoms. The zero-order valence-electron chi connectivity index (χ0n) is 17.6. The zero-order valence-corrected chi connectivity index (χ0v) is 19.9. The molecule has 1 N–H and O–H groups in total. The first-order valence-corrected chi connectivity index (χ1v) is 10.5. The third-order valence-corrected chi connectivity index (χ3v) is 5.48. The van der Waals surface area contributed by atoms with E-state index in [-0.39, 0.29) is 29.9 Å². The number of rotatable bonds is 6. The molecule has 30 heavy (non-hydrogen) atoms. The number of hydrogen-bond donors (Lipinski definition) is 1. The summed E-state index contributed by atoms with van der Waals surface area (Å²) in [5.41, 5.74) is 0.469. The fraction of sp³-hybridized carbons (Fsp3) is 0.619. The van der Waals surface area contributed by atoms with Gasteiger partial charge in [-0.3, -0.25) is 14.7 Å². The second-order valence-corrected chi connectivity index (χ2v) is 7.57. The first-order valence-electron chi connectivity index (χ1n) is 10.5. The van der Waals surface area contributed by atoms with Gasteiger partial charge in [-0.25, -0.2) is 8.78 Å². The number of aliphatic imine (C=N–C) groups is 1. The number of hydrogen-bond acceptors (Lipinski definition) is 3. The van der Waals surface area contributed by atoms with Crippen molar-refractivity contribution in [3.05, 3.63) is 35.4 Å². The van der Waals surface area contributed by atoms with Crippen molar-refractivity contribution in [1.29, 1.82) is 0 Å². The maximum Gasteiger partial charge on any atom is 0.236 e. The molecular formula is C21H32F2IN5O. The van der Waals surface area contributed by atoms with Crippen LogP contribution in [0.4, 0.5) is 8.78 Å². The lowest BCUT2D eigenvalue weighted by atomic mass is 10.1. The minimum absolute atomic E-state index is 0. The highest BCUT2D eigenvalue weighted by Crippen LogP contribution is 2.11. The summed E-state index contributed by atoms with van der Waals surface area (Å²) in [5, 5.41) is 3.29. The van der Waals surface area contributed by atoms with Crippen LogP contribution in [0.3, 0.4) is 0 Å². The highest BCUT2D eigenvalue weighted by molar-refractivity contribution is 14.0. The number of carbonyl (C=O) groups is 1. The first-order chi connectivity index (χ1) is 14.1. The van der Waals surface area contributed by atoms with Crippen molar-refractivity contribution in [2.45, 2.75) is 26.2 Å². The van der Waals surface area contributed by atoms with Crippen molar-refractivity contribution >= 4 is 35.8 Å². The molecule has 0 aliphatic carbocycles. The van der Waals surface area contributed by atoms with Crippen LogP contribution in [-0.2, 0) is 11.2 Å². The molecule has 0 unspecified atom stereocenters. The number of halogens is 3. The summed E-state index contributed by atoms with van der Waals surface area (Å²) < 4.78 is 26.8. The van der Waals surface area contributed by atoms with Gasteiger partial charge in [0.2, 0.25) is 5.91 Å².